The van der Waals surface area contributed by atoms with Gasteiger partial charge in [-0.3, -0.25) is 9.59 Å². The highest BCUT2D eigenvalue weighted by Gasteiger charge is 2.16. The minimum Gasteiger partial charge on any atom is -0.481 e. The maximum Gasteiger partial charge on any atom is 0.305 e. The first-order valence-electron chi connectivity index (χ1n) is 6.46. The summed E-state index contributed by atoms with van der Waals surface area (Å²) in [6.07, 6.45) is 0.882. The van der Waals surface area contributed by atoms with Gasteiger partial charge in [0.1, 0.15) is 0 Å². The van der Waals surface area contributed by atoms with E-state index in [4.69, 9.17) is 5.11 Å². The number of carbonyl (C=O) groups is 2. The lowest BCUT2D eigenvalue weighted by Crippen LogP contribution is -2.27. The van der Waals surface area contributed by atoms with E-state index >= 15 is 0 Å². The molecule has 1 amide bonds. The van der Waals surface area contributed by atoms with Crippen molar-refractivity contribution in [1.82, 2.24) is 5.32 Å². The van der Waals surface area contributed by atoms with Crippen LogP contribution in [0.25, 0.3) is 0 Å². The Balaban J connectivity index is 2.83. The number of rotatable bonds is 6. The van der Waals surface area contributed by atoms with Gasteiger partial charge in [-0.2, -0.15) is 0 Å². The Morgan fingerprint density at radius 2 is 1.79 bits per heavy atom. The monoisotopic (exact) mass is 263 g/mol. The molecule has 4 nitrogen and oxygen atoms in total. The van der Waals surface area contributed by atoms with Crippen LogP contribution in [0.2, 0.25) is 0 Å². The lowest BCUT2D eigenvalue weighted by molar-refractivity contribution is -0.137. The molecule has 0 bridgehead atoms. The second-order valence-electron chi connectivity index (χ2n) is 5.19. The number of amides is 1. The molecule has 1 aromatic carbocycles. The second kappa shape index (κ2) is 6.92. The van der Waals surface area contributed by atoms with Crippen LogP contribution in [0.4, 0.5) is 0 Å². The fraction of sp³-hybridized carbons (Fsp3) is 0.467. The normalized spacial score (nSPS) is 12.2. The van der Waals surface area contributed by atoms with Crippen LogP contribution in [0.15, 0.2) is 24.3 Å². The van der Waals surface area contributed by atoms with Gasteiger partial charge in [0.05, 0.1) is 12.5 Å². The predicted molar refractivity (Wildman–Crippen MR) is 73.8 cm³/mol. The van der Waals surface area contributed by atoms with E-state index in [1.54, 1.807) is 0 Å². The van der Waals surface area contributed by atoms with Crippen LogP contribution in [0.1, 0.15) is 44.4 Å². The molecule has 0 unspecified atom stereocenters. The average molecular weight is 263 g/mol. The van der Waals surface area contributed by atoms with Gasteiger partial charge in [-0.1, -0.05) is 38.1 Å². The maximum atomic E-state index is 11.1. The third-order valence-electron chi connectivity index (χ3n) is 2.78. The summed E-state index contributed by atoms with van der Waals surface area (Å²) >= 11 is 0. The number of nitrogens with one attached hydrogen (secondary N) is 1. The molecule has 2 N–H and O–H groups in total. The number of carboxylic acid groups (broad SMARTS) is 1. The van der Waals surface area contributed by atoms with Crippen molar-refractivity contribution in [2.75, 3.05) is 0 Å². The van der Waals surface area contributed by atoms with Gasteiger partial charge >= 0.3 is 5.97 Å². The topological polar surface area (TPSA) is 66.4 Å². The number of hydrogen-bond donors (Lipinski definition) is 2. The molecule has 0 aliphatic rings. The molecule has 0 heterocycles. The van der Waals surface area contributed by atoms with Gasteiger partial charge < -0.3 is 10.4 Å². The third-order valence-corrected chi connectivity index (χ3v) is 2.78. The van der Waals surface area contributed by atoms with E-state index in [-0.39, 0.29) is 12.3 Å². The van der Waals surface area contributed by atoms with Crippen LogP contribution in [0.5, 0.6) is 0 Å². The first kappa shape index (κ1) is 15.2. The van der Waals surface area contributed by atoms with Crippen LogP contribution in [-0.2, 0) is 16.0 Å². The maximum absolute atomic E-state index is 11.1. The van der Waals surface area contributed by atoms with Gasteiger partial charge in [0.15, 0.2) is 0 Å². The quantitative estimate of drug-likeness (QED) is 0.828. The molecule has 1 rings (SSSR count). The Kier molecular flexibility index (Phi) is 5.55. The Hall–Kier alpha value is -1.84. The number of benzene rings is 1. The molecular weight excluding hydrogens is 242 g/mol. The van der Waals surface area contributed by atoms with Crippen molar-refractivity contribution in [3.8, 4) is 0 Å². The summed E-state index contributed by atoms with van der Waals surface area (Å²) in [4.78, 5) is 21.9. The van der Waals surface area contributed by atoms with Crippen molar-refractivity contribution in [3.63, 3.8) is 0 Å². The average Bonchev–Trinajstić information content (AvgIpc) is 2.27. The van der Waals surface area contributed by atoms with Gasteiger partial charge in [0.2, 0.25) is 5.91 Å². The predicted octanol–water partition coefficient (Wildman–Crippen LogP) is 2.54. The molecule has 0 saturated carbocycles. The number of carbonyl (C=O) groups excluding carboxylic acids is 1. The van der Waals surface area contributed by atoms with Crippen LogP contribution in [-0.4, -0.2) is 17.0 Å². The zero-order valence-corrected chi connectivity index (χ0v) is 11.6. The van der Waals surface area contributed by atoms with Gasteiger partial charge in [-0.25, -0.2) is 0 Å². The highest BCUT2D eigenvalue weighted by atomic mass is 16.4. The Morgan fingerprint density at radius 1 is 1.21 bits per heavy atom. The summed E-state index contributed by atoms with van der Waals surface area (Å²) in [6.45, 7) is 5.69. The summed E-state index contributed by atoms with van der Waals surface area (Å²) in [6, 6.07) is 7.30. The van der Waals surface area contributed by atoms with Crippen molar-refractivity contribution in [2.45, 2.75) is 39.7 Å². The van der Waals surface area contributed by atoms with Crippen molar-refractivity contribution in [3.05, 3.63) is 35.4 Å². The van der Waals surface area contributed by atoms with E-state index in [1.165, 1.54) is 12.5 Å². The largest absolute Gasteiger partial charge is 0.481 e. The van der Waals surface area contributed by atoms with Gasteiger partial charge in [0, 0.05) is 6.92 Å². The summed E-state index contributed by atoms with van der Waals surface area (Å²) in [5, 5.41) is 11.5. The Morgan fingerprint density at radius 3 is 2.21 bits per heavy atom. The van der Waals surface area contributed by atoms with Crippen molar-refractivity contribution in [2.24, 2.45) is 5.92 Å². The van der Waals surface area contributed by atoms with Crippen LogP contribution < -0.4 is 5.32 Å². The number of aliphatic carboxylic acids is 1. The van der Waals surface area contributed by atoms with Crippen molar-refractivity contribution in [1.29, 1.82) is 0 Å². The molecule has 0 aliphatic heterocycles. The Labute approximate surface area is 113 Å². The molecule has 0 fully saturated rings. The minimum absolute atomic E-state index is 0.108. The van der Waals surface area contributed by atoms with E-state index in [0.717, 1.165) is 12.0 Å². The first-order chi connectivity index (χ1) is 8.88. The standard InChI is InChI=1S/C15H21NO3/c1-10(2)8-12-4-6-13(7-5-12)14(9-15(18)19)16-11(3)17/h4-7,10,14H,8-9H2,1-3H3,(H,16,17)(H,18,19)/t14-/m1/s1. The number of hydrogen-bond acceptors (Lipinski definition) is 2. The van der Waals surface area contributed by atoms with Crippen molar-refractivity contribution >= 4 is 11.9 Å². The van der Waals surface area contributed by atoms with E-state index in [0.29, 0.717) is 5.92 Å². The molecule has 0 saturated heterocycles. The molecule has 0 aliphatic carbocycles. The Bertz CT molecular complexity index is 421. The van der Waals surface area contributed by atoms with Gasteiger partial charge in [0.25, 0.3) is 0 Å². The van der Waals surface area contributed by atoms with E-state index in [2.05, 4.69) is 19.2 Å². The molecule has 1 atom stereocenters. The fourth-order valence-electron chi connectivity index (χ4n) is 2.03. The van der Waals surface area contributed by atoms with E-state index < -0.39 is 12.0 Å². The third kappa shape index (κ3) is 5.55. The number of carboxylic acids is 1. The fourth-order valence-corrected chi connectivity index (χ4v) is 2.03. The molecule has 0 spiro atoms. The van der Waals surface area contributed by atoms with Crippen LogP contribution in [0.3, 0.4) is 0 Å². The molecule has 0 radical (unpaired) electrons. The summed E-state index contributed by atoms with van der Waals surface area (Å²) in [5.74, 6) is -0.571. The molecule has 1 aromatic rings. The summed E-state index contributed by atoms with van der Waals surface area (Å²) in [5.41, 5.74) is 2.04. The SMILES string of the molecule is CC(=O)N[C@H](CC(=O)O)c1ccc(CC(C)C)cc1. The zero-order valence-electron chi connectivity index (χ0n) is 11.6. The molecule has 104 valence electrons. The smallest absolute Gasteiger partial charge is 0.305 e. The highest BCUT2D eigenvalue weighted by Crippen LogP contribution is 2.19. The molecule has 4 heteroatoms. The summed E-state index contributed by atoms with van der Waals surface area (Å²) in [7, 11) is 0. The zero-order chi connectivity index (χ0) is 14.4. The summed E-state index contributed by atoms with van der Waals surface area (Å²) < 4.78 is 0. The first-order valence-corrected chi connectivity index (χ1v) is 6.46. The minimum atomic E-state index is -0.926. The van der Waals surface area contributed by atoms with Crippen molar-refractivity contribution < 1.29 is 14.7 Å². The lowest BCUT2D eigenvalue weighted by atomic mass is 9.98. The molecule has 0 aromatic heterocycles. The van der Waals surface area contributed by atoms with E-state index in [1.807, 2.05) is 24.3 Å². The van der Waals surface area contributed by atoms with E-state index in [9.17, 15) is 9.59 Å². The molecular formula is C15H21NO3. The van der Waals surface area contributed by atoms with Crippen LogP contribution >= 0.6 is 0 Å². The van der Waals surface area contributed by atoms with Crippen LogP contribution in [0, 0.1) is 5.92 Å². The lowest BCUT2D eigenvalue weighted by Gasteiger charge is -2.17. The van der Waals surface area contributed by atoms with Gasteiger partial charge in [-0.15, -0.1) is 0 Å². The molecule has 19 heavy (non-hydrogen) atoms. The highest BCUT2D eigenvalue weighted by molar-refractivity contribution is 5.75. The second-order valence-corrected chi connectivity index (χ2v) is 5.19. The van der Waals surface area contributed by atoms with Gasteiger partial charge in [-0.05, 0) is 23.5 Å².